The molecule has 0 amide bonds. The van der Waals surface area contributed by atoms with Crippen molar-refractivity contribution < 1.29 is 57.3 Å². The summed E-state index contributed by atoms with van der Waals surface area (Å²) in [4.78, 5) is 21.0. The van der Waals surface area contributed by atoms with Gasteiger partial charge in [-0.05, 0) is 0 Å². The fourth-order valence-electron chi connectivity index (χ4n) is 1.81. The normalized spacial score (nSPS) is 11.0. The van der Waals surface area contributed by atoms with E-state index in [1.807, 2.05) is 0 Å². The van der Waals surface area contributed by atoms with Gasteiger partial charge in [-0.3, -0.25) is 0 Å². The minimum atomic E-state index is -0.999. The first-order chi connectivity index (χ1) is 15.2. The Morgan fingerprint density at radius 1 is 0.484 bits per heavy atom. The molecular formula is C19H36O12. The Morgan fingerprint density at radius 2 is 0.742 bits per heavy atom. The molecule has 0 saturated heterocycles. The minimum absolute atomic E-state index is 0.0750. The van der Waals surface area contributed by atoms with Crippen LogP contribution < -0.4 is 0 Å². The Morgan fingerprint density at radius 3 is 1.00 bits per heavy atom. The summed E-state index contributed by atoms with van der Waals surface area (Å²) in [6.45, 7) is 5.40. The number of carbonyl (C=O) groups excluding carboxylic acids is 1. The second-order valence-electron chi connectivity index (χ2n) is 5.75. The van der Waals surface area contributed by atoms with E-state index in [0.717, 1.165) is 0 Å². The highest BCUT2D eigenvalue weighted by atomic mass is 16.6. The number of carboxylic acids is 1. The monoisotopic (exact) mass is 456 g/mol. The summed E-state index contributed by atoms with van der Waals surface area (Å²) in [5.41, 5.74) is 0. The number of carbonyl (C=O) groups is 2. The van der Waals surface area contributed by atoms with E-state index in [9.17, 15) is 9.59 Å². The third-order valence-corrected chi connectivity index (χ3v) is 3.28. The van der Waals surface area contributed by atoms with Gasteiger partial charge in [-0.1, -0.05) is 0 Å². The zero-order chi connectivity index (χ0) is 22.8. The number of rotatable bonds is 25. The van der Waals surface area contributed by atoms with Gasteiger partial charge in [-0.15, -0.1) is 0 Å². The van der Waals surface area contributed by atoms with Gasteiger partial charge in [0.25, 0.3) is 0 Å². The van der Waals surface area contributed by atoms with E-state index in [1.54, 1.807) is 0 Å². The first-order valence-corrected chi connectivity index (χ1v) is 10.1. The van der Waals surface area contributed by atoms with Crippen molar-refractivity contribution in [1.82, 2.24) is 0 Å². The zero-order valence-corrected chi connectivity index (χ0v) is 18.3. The molecule has 31 heavy (non-hydrogen) atoms. The van der Waals surface area contributed by atoms with Gasteiger partial charge in [0, 0.05) is 0 Å². The molecule has 0 atom stereocenters. The van der Waals surface area contributed by atoms with E-state index >= 15 is 0 Å². The fourth-order valence-corrected chi connectivity index (χ4v) is 1.81. The lowest BCUT2D eigenvalue weighted by molar-refractivity contribution is -0.146. The zero-order valence-electron chi connectivity index (χ0n) is 18.3. The highest BCUT2D eigenvalue weighted by Gasteiger charge is 1.99. The van der Waals surface area contributed by atoms with E-state index < -0.39 is 11.9 Å². The molecule has 0 heterocycles. The molecule has 0 spiro atoms. The van der Waals surface area contributed by atoms with Crippen LogP contribution in [0.2, 0.25) is 0 Å². The van der Waals surface area contributed by atoms with Crippen LogP contribution >= 0.6 is 0 Å². The molecule has 0 aliphatic carbocycles. The van der Waals surface area contributed by atoms with E-state index in [-0.39, 0.29) is 19.8 Å². The first kappa shape index (κ1) is 29.6. The molecule has 0 unspecified atom stereocenters. The lowest BCUT2D eigenvalue weighted by atomic mass is 10.6. The molecule has 0 rings (SSSR count). The average Bonchev–Trinajstić information content (AvgIpc) is 2.76. The molecule has 12 nitrogen and oxygen atoms in total. The number of aliphatic carboxylic acids is 1. The Balaban J connectivity index is 3.03. The topological polar surface area (TPSA) is 137 Å². The van der Waals surface area contributed by atoms with Gasteiger partial charge in [0.05, 0.1) is 99.6 Å². The largest absolute Gasteiger partial charge is 0.480 e. The van der Waals surface area contributed by atoms with Gasteiger partial charge in [0.15, 0.2) is 0 Å². The van der Waals surface area contributed by atoms with E-state index in [4.69, 9.17) is 43.0 Å². The first-order valence-electron chi connectivity index (χ1n) is 10.1. The van der Waals surface area contributed by atoms with Crippen molar-refractivity contribution in [2.24, 2.45) is 0 Å². The number of methoxy groups -OCH3 is 1. The average molecular weight is 456 g/mol. The van der Waals surface area contributed by atoms with E-state index in [2.05, 4.69) is 4.74 Å². The van der Waals surface area contributed by atoms with Crippen LogP contribution in [0.5, 0.6) is 0 Å². The molecule has 0 aliphatic heterocycles. The number of ether oxygens (including phenoxy) is 9. The molecule has 0 aromatic carbocycles. The molecule has 0 radical (unpaired) electrons. The predicted octanol–water partition coefficient (Wildman–Crippen LogP) is -0.623. The third-order valence-electron chi connectivity index (χ3n) is 3.28. The van der Waals surface area contributed by atoms with Crippen molar-refractivity contribution in [2.45, 2.75) is 0 Å². The van der Waals surface area contributed by atoms with Gasteiger partial charge in [0.1, 0.15) is 13.2 Å². The maximum atomic E-state index is 10.8. The van der Waals surface area contributed by atoms with Gasteiger partial charge in [-0.2, -0.15) is 0 Å². The van der Waals surface area contributed by atoms with Crippen molar-refractivity contribution in [2.75, 3.05) is 113 Å². The molecule has 0 fully saturated rings. The standard InChI is InChI=1S/C19H36O12/c1-23-19(22)17-31-15-13-29-11-9-27-7-5-25-3-2-24-4-6-26-8-10-28-12-14-30-16-18(20)21/h2-17H2,1H3,(H,20,21). The lowest BCUT2D eigenvalue weighted by Gasteiger charge is -2.08. The second kappa shape index (κ2) is 24.9. The van der Waals surface area contributed by atoms with Crippen LogP contribution in [-0.2, 0) is 52.2 Å². The molecular weight excluding hydrogens is 420 g/mol. The fraction of sp³-hybridized carbons (Fsp3) is 0.895. The van der Waals surface area contributed by atoms with Crippen molar-refractivity contribution in [3.05, 3.63) is 0 Å². The molecule has 0 saturated carbocycles. The summed E-state index contributed by atoms with van der Waals surface area (Å²) in [6, 6.07) is 0. The summed E-state index contributed by atoms with van der Waals surface area (Å²) in [6.07, 6.45) is 0. The van der Waals surface area contributed by atoms with Crippen LogP contribution in [0.3, 0.4) is 0 Å². The Bertz CT molecular complexity index is 407. The summed E-state index contributed by atoms with van der Waals surface area (Å²) >= 11 is 0. The smallest absolute Gasteiger partial charge is 0.331 e. The van der Waals surface area contributed by atoms with Crippen LogP contribution in [0.1, 0.15) is 0 Å². The lowest BCUT2D eigenvalue weighted by Crippen LogP contribution is -2.16. The minimum Gasteiger partial charge on any atom is -0.480 e. The van der Waals surface area contributed by atoms with Crippen molar-refractivity contribution in [1.29, 1.82) is 0 Å². The number of esters is 1. The van der Waals surface area contributed by atoms with Gasteiger partial charge in [-0.25, -0.2) is 9.59 Å². The molecule has 184 valence electrons. The maximum absolute atomic E-state index is 10.8. The highest BCUT2D eigenvalue weighted by molar-refractivity contribution is 5.70. The number of hydrogen-bond acceptors (Lipinski definition) is 11. The predicted molar refractivity (Wildman–Crippen MR) is 106 cm³/mol. The van der Waals surface area contributed by atoms with Crippen molar-refractivity contribution in [3.8, 4) is 0 Å². The summed E-state index contributed by atoms with van der Waals surface area (Å²) < 4.78 is 46.2. The summed E-state index contributed by atoms with van der Waals surface area (Å²) in [5, 5.41) is 8.37. The van der Waals surface area contributed by atoms with Crippen LogP contribution in [0.4, 0.5) is 0 Å². The van der Waals surface area contributed by atoms with Crippen LogP contribution in [0.25, 0.3) is 0 Å². The molecule has 0 aromatic heterocycles. The summed E-state index contributed by atoms with van der Waals surface area (Å²) in [7, 11) is 1.31. The number of hydrogen-bond donors (Lipinski definition) is 1. The number of carboxylic acid groups (broad SMARTS) is 1. The molecule has 12 heteroatoms. The van der Waals surface area contributed by atoms with Crippen LogP contribution in [0, 0.1) is 0 Å². The Labute approximate surface area is 182 Å². The summed E-state index contributed by atoms with van der Waals surface area (Å²) in [5.74, 6) is -1.41. The van der Waals surface area contributed by atoms with Gasteiger partial charge < -0.3 is 47.7 Å². The third kappa shape index (κ3) is 26.6. The Hall–Kier alpha value is -1.38. The molecule has 0 bridgehead atoms. The van der Waals surface area contributed by atoms with Crippen LogP contribution in [-0.4, -0.2) is 130 Å². The van der Waals surface area contributed by atoms with Gasteiger partial charge >= 0.3 is 11.9 Å². The van der Waals surface area contributed by atoms with Crippen molar-refractivity contribution in [3.63, 3.8) is 0 Å². The quantitative estimate of drug-likeness (QED) is 0.138. The Kier molecular flexibility index (Phi) is 23.8. The molecule has 0 aromatic rings. The van der Waals surface area contributed by atoms with E-state index in [1.165, 1.54) is 7.11 Å². The highest BCUT2D eigenvalue weighted by Crippen LogP contribution is 1.86. The molecule has 0 aliphatic rings. The van der Waals surface area contributed by atoms with Crippen molar-refractivity contribution >= 4 is 11.9 Å². The second-order valence-corrected chi connectivity index (χ2v) is 5.75. The van der Waals surface area contributed by atoms with E-state index in [0.29, 0.717) is 85.9 Å². The van der Waals surface area contributed by atoms with Crippen LogP contribution in [0.15, 0.2) is 0 Å². The SMILES string of the molecule is COC(=O)COCCOCCOCCOCCOCCOCCOCCOCC(=O)O. The van der Waals surface area contributed by atoms with Gasteiger partial charge in [0.2, 0.25) is 0 Å². The molecule has 1 N–H and O–H groups in total. The maximum Gasteiger partial charge on any atom is 0.331 e.